The van der Waals surface area contributed by atoms with E-state index in [-0.39, 0.29) is 10.8 Å². The minimum Gasteiger partial charge on any atom is -0.295 e. The minimum atomic E-state index is 0.115. The number of hydrogen-bond acceptors (Lipinski definition) is 1. The zero-order valence-corrected chi connectivity index (χ0v) is 10.3. The highest BCUT2D eigenvalue weighted by Crippen LogP contribution is 2.47. The van der Waals surface area contributed by atoms with Gasteiger partial charge >= 0.3 is 0 Å². The molecule has 0 fully saturated rings. The van der Waals surface area contributed by atoms with Gasteiger partial charge in [0.1, 0.15) is 0 Å². The van der Waals surface area contributed by atoms with Crippen molar-refractivity contribution in [1.82, 2.24) is 0 Å². The largest absolute Gasteiger partial charge is 0.295 e. The van der Waals surface area contributed by atoms with Gasteiger partial charge in [-0.1, -0.05) is 40.2 Å². The summed E-state index contributed by atoms with van der Waals surface area (Å²) in [5.41, 5.74) is 2.66. The summed E-state index contributed by atoms with van der Waals surface area (Å²) >= 11 is 0. The molecule has 0 saturated carbocycles. The molecular formula is C13H22O. The Morgan fingerprint density at radius 3 is 2.07 bits per heavy atom. The molecule has 14 heavy (non-hydrogen) atoms. The smallest absolute Gasteiger partial charge is 0.158 e. The molecule has 0 unspecified atom stereocenters. The van der Waals surface area contributed by atoms with Crippen molar-refractivity contribution in [3.8, 4) is 0 Å². The number of Topliss-reactive ketones (excluding diaryl/α,β-unsaturated/α-hetero) is 1. The summed E-state index contributed by atoms with van der Waals surface area (Å²) in [5.74, 6) is 0.342. The van der Waals surface area contributed by atoms with Crippen molar-refractivity contribution in [2.24, 2.45) is 10.8 Å². The average Bonchev–Trinajstić information content (AvgIpc) is 1.94. The summed E-state index contributed by atoms with van der Waals surface area (Å²) in [6, 6.07) is 0. The lowest BCUT2D eigenvalue weighted by Crippen LogP contribution is -2.32. The van der Waals surface area contributed by atoms with Gasteiger partial charge in [-0.05, 0) is 29.7 Å². The van der Waals surface area contributed by atoms with Gasteiger partial charge in [0.25, 0.3) is 0 Å². The van der Waals surface area contributed by atoms with Crippen LogP contribution in [0.25, 0.3) is 0 Å². The Kier molecular flexibility index (Phi) is 2.64. The van der Waals surface area contributed by atoms with Crippen molar-refractivity contribution in [1.29, 1.82) is 0 Å². The third-order valence-electron chi connectivity index (χ3n) is 3.20. The fraction of sp³-hybridized carbons (Fsp3) is 0.769. The number of allylic oxidation sites excluding steroid dienone is 2. The molecule has 0 N–H and O–H groups in total. The molecule has 0 aromatic heterocycles. The number of rotatable bonds is 0. The Labute approximate surface area is 87.6 Å². The van der Waals surface area contributed by atoms with Crippen LogP contribution in [0.5, 0.6) is 0 Å². The number of carbonyl (C=O) groups is 1. The Morgan fingerprint density at radius 2 is 1.71 bits per heavy atom. The first kappa shape index (κ1) is 11.5. The second-order valence-electron chi connectivity index (χ2n) is 6.06. The molecular weight excluding hydrogens is 172 g/mol. The molecule has 1 nitrogen and oxygen atoms in total. The third kappa shape index (κ3) is 1.92. The van der Waals surface area contributed by atoms with Crippen LogP contribution in [-0.2, 0) is 4.79 Å². The topological polar surface area (TPSA) is 17.1 Å². The van der Waals surface area contributed by atoms with Crippen LogP contribution in [0.4, 0.5) is 0 Å². The third-order valence-corrected chi connectivity index (χ3v) is 3.20. The van der Waals surface area contributed by atoms with Crippen molar-refractivity contribution in [3.63, 3.8) is 0 Å². The average molecular weight is 194 g/mol. The second-order valence-corrected chi connectivity index (χ2v) is 6.06. The molecule has 0 spiro atoms. The molecule has 1 aliphatic carbocycles. The summed E-state index contributed by atoms with van der Waals surface area (Å²) < 4.78 is 0. The molecule has 80 valence electrons. The maximum absolute atomic E-state index is 11.7. The molecule has 0 saturated heterocycles. The molecule has 1 aliphatic rings. The van der Waals surface area contributed by atoms with Gasteiger partial charge in [0.15, 0.2) is 5.78 Å². The molecule has 1 rings (SSSR count). The normalized spacial score (nSPS) is 22.9. The van der Waals surface area contributed by atoms with Gasteiger partial charge < -0.3 is 0 Å². The fourth-order valence-corrected chi connectivity index (χ4v) is 2.96. The second kappa shape index (κ2) is 3.22. The molecule has 0 atom stereocenters. The number of hydrogen-bond donors (Lipinski definition) is 0. The van der Waals surface area contributed by atoms with E-state index in [1.54, 1.807) is 0 Å². The van der Waals surface area contributed by atoms with E-state index in [0.29, 0.717) is 5.78 Å². The summed E-state index contributed by atoms with van der Waals surface area (Å²) in [6.07, 6.45) is 1.72. The van der Waals surface area contributed by atoms with Crippen LogP contribution < -0.4 is 0 Å². The van der Waals surface area contributed by atoms with Crippen LogP contribution in [0, 0.1) is 10.8 Å². The van der Waals surface area contributed by atoms with Gasteiger partial charge in [0, 0.05) is 6.42 Å². The molecule has 1 heteroatoms. The fourth-order valence-electron chi connectivity index (χ4n) is 2.96. The summed E-state index contributed by atoms with van der Waals surface area (Å²) in [4.78, 5) is 11.7. The predicted octanol–water partition coefficient (Wildman–Crippen LogP) is 3.74. The zero-order valence-electron chi connectivity index (χ0n) is 10.3. The molecule has 0 aromatic rings. The summed E-state index contributed by atoms with van der Waals surface area (Å²) in [5, 5.41) is 0. The summed E-state index contributed by atoms with van der Waals surface area (Å²) in [6.45, 7) is 13.1. The zero-order chi connectivity index (χ0) is 11.1. The SMILES string of the molecule is CC1=C(C(C)(C)C)C(C)(C)CCC1=O. The van der Waals surface area contributed by atoms with Crippen LogP contribution in [-0.4, -0.2) is 5.78 Å². The number of carbonyl (C=O) groups excluding carboxylic acids is 1. The van der Waals surface area contributed by atoms with E-state index in [1.807, 2.05) is 6.92 Å². The van der Waals surface area contributed by atoms with Gasteiger partial charge in [-0.2, -0.15) is 0 Å². The summed E-state index contributed by atoms with van der Waals surface area (Å²) in [7, 11) is 0. The van der Waals surface area contributed by atoms with Crippen molar-refractivity contribution in [3.05, 3.63) is 11.1 Å². The van der Waals surface area contributed by atoms with Crippen molar-refractivity contribution < 1.29 is 4.79 Å². The van der Waals surface area contributed by atoms with E-state index in [9.17, 15) is 4.79 Å². The Balaban J connectivity index is 3.30. The van der Waals surface area contributed by atoms with Crippen LogP contribution >= 0.6 is 0 Å². The predicted molar refractivity (Wildman–Crippen MR) is 60.2 cm³/mol. The Hall–Kier alpha value is -0.590. The quantitative estimate of drug-likeness (QED) is 0.574. The van der Waals surface area contributed by atoms with Gasteiger partial charge in [-0.25, -0.2) is 0 Å². The van der Waals surface area contributed by atoms with E-state index in [1.165, 1.54) is 5.57 Å². The van der Waals surface area contributed by atoms with E-state index >= 15 is 0 Å². The molecule has 0 radical (unpaired) electrons. The van der Waals surface area contributed by atoms with Crippen LogP contribution in [0.3, 0.4) is 0 Å². The maximum atomic E-state index is 11.7. The molecule has 0 amide bonds. The highest BCUT2D eigenvalue weighted by atomic mass is 16.1. The Bertz CT molecular complexity index is 287. The van der Waals surface area contributed by atoms with Gasteiger partial charge in [0.2, 0.25) is 0 Å². The lowest BCUT2D eigenvalue weighted by atomic mass is 9.63. The highest BCUT2D eigenvalue weighted by molar-refractivity contribution is 5.96. The van der Waals surface area contributed by atoms with Gasteiger partial charge in [0.05, 0.1) is 0 Å². The van der Waals surface area contributed by atoms with E-state index in [2.05, 4.69) is 34.6 Å². The van der Waals surface area contributed by atoms with Crippen LogP contribution in [0.15, 0.2) is 11.1 Å². The van der Waals surface area contributed by atoms with E-state index in [0.717, 1.165) is 18.4 Å². The monoisotopic (exact) mass is 194 g/mol. The van der Waals surface area contributed by atoms with Crippen molar-refractivity contribution >= 4 is 5.78 Å². The van der Waals surface area contributed by atoms with Crippen molar-refractivity contribution in [2.75, 3.05) is 0 Å². The van der Waals surface area contributed by atoms with Crippen molar-refractivity contribution in [2.45, 2.75) is 54.4 Å². The lowest BCUT2D eigenvalue weighted by Gasteiger charge is -2.41. The van der Waals surface area contributed by atoms with Crippen LogP contribution in [0.1, 0.15) is 54.4 Å². The van der Waals surface area contributed by atoms with E-state index < -0.39 is 0 Å². The first-order chi connectivity index (χ1) is 6.16. The minimum absolute atomic E-state index is 0.115. The highest BCUT2D eigenvalue weighted by Gasteiger charge is 2.37. The standard InChI is InChI=1S/C13H22O/c1-9-10(14)7-8-13(5,6)11(9)12(2,3)4/h7-8H2,1-6H3. The first-order valence-corrected chi connectivity index (χ1v) is 5.41. The van der Waals surface area contributed by atoms with Gasteiger partial charge in [-0.3, -0.25) is 4.79 Å². The molecule has 0 aromatic carbocycles. The van der Waals surface area contributed by atoms with E-state index in [4.69, 9.17) is 0 Å². The van der Waals surface area contributed by atoms with Gasteiger partial charge in [-0.15, -0.1) is 0 Å². The first-order valence-electron chi connectivity index (χ1n) is 5.41. The van der Waals surface area contributed by atoms with Crippen LogP contribution in [0.2, 0.25) is 0 Å². The molecule has 0 bridgehead atoms. The Morgan fingerprint density at radius 1 is 1.21 bits per heavy atom. The molecule has 0 aliphatic heterocycles. The lowest BCUT2D eigenvalue weighted by molar-refractivity contribution is -0.116. The maximum Gasteiger partial charge on any atom is 0.158 e. The molecule has 0 heterocycles. The number of ketones is 1.